The molecule has 0 spiro atoms. The molecule has 0 radical (unpaired) electrons. The zero-order valence-electron chi connectivity index (χ0n) is 13.7. The lowest BCUT2D eigenvalue weighted by Crippen LogP contribution is -2.45. The van der Waals surface area contributed by atoms with Crippen LogP contribution in [0.3, 0.4) is 0 Å². The molecule has 6 heteroatoms. The number of amides is 2. The number of rotatable bonds is 5. The van der Waals surface area contributed by atoms with Gasteiger partial charge in [-0.1, -0.05) is 13.8 Å². The summed E-state index contributed by atoms with van der Waals surface area (Å²) in [7, 11) is 1.30. The minimum Gasteiger partial charge on any atom is -0.467 e. The first-order valence-electron chi connectivity index (χ1n) is 7.73. The number of nitrogens with zero attached hydrogens (tertiary/aromatic N) is 1. The fourth-order valence-electron chi connectivity index (χ4n) is 2.56. The first kappa shape index (κ1) is 17.0. The fourth-order valence-corrected chi connectivity index (χ4v) is 2.56. The summed E-state index contributed by atoms with van der Waals surface area (Å²) in [6, 6.07) is 6.13. The van der Waals surface area contributed by atoms with Gasteiger partial charge in [-0.3, -0.25) is 9.59 Å². The summed E-state index contributed by atoms with van der Waals surface area (Å²) >= 11 is 0. The van der Waals surface area contributed by atoms with Crippen LogP contribution in [0.5, 0.6) is 0 Å². The summed E-state index contributed by atoms with van der Waals surface area (Å²) in [6.45, 7) is 4.38. The molecule has 1 atom stereocenters. The Bertz CT molecular complexity index is 595. The number of esters is 1. The summed E-state index contributed by atoms with van der Waals surface area (Å²) in [5.41, 5.74) is 1.23. The van der Waals surface area contributed by atoms with Gasteiger partial charge in [-0.05, 0) is 36.6 Å². The van der Waals surface area contributed by atoms with Crippen LogP contribution in [0.4, 0.5) is 5.69 Å². The van der Waals surface area contributed by atoms with Gasteiger partial charge < -0.3 is 15.0 Å². The molecule has 1 aliphatic rings. The van der Waals surface area contributed by atoms with Crippen molar-refractivity contribution in [3.63, 3.8) is 0 Å². The van der Waals surface area contributed by atoms with E-state index in [0.717, 1.165) is 12.1 Å². The van der Waals surface area contributed by atoms with Gasteiger partial charge in [-0.2, -0.15) is 0 Å². The molecular formula is C17H22N2O4. The van der Waals surface area contributed by atoms with Gasteiger partial charge in [0.05, 0.1) is 7.11 Å². The maximum absolute atomic E-state index is 12.3. The molecule has 1 heterocycles. The highest BCUT2D eigenvalue weighted by molar-refractivity contribution is 5.98. The van der Waals surface area contributed by atoms with Crippen molar-refractivity contribution in [2.75, 3.05) is 18.6 Å². The van der Waals surface area contributed by atoms with Gasteiger partial charge in [-0.15, -0.1) is 0 Å². The third-order valence-corrected chi connectivity index (χ3v) is 3.92. The normalized spacial score (nSPS) is 15.7. The zero-order chi connectivity index (χ0) is 17.0. The molecule has 2 amide bonds. The molecule has 1 saturated heterocycles. The fraction of sp³-hybridized carbons (Fsp3) is 0.471. The Morgan fingerprint density at radius 2 is 1.87 bits per heavy atom. The Labute approximate surface area is 135 Å². The number of benzene rings is 1. The van der Waals surface area contributed by atoms with Gasteiger partial charge in [0.15, 0.2) is 0 Å². The van der Waals surface area contributed by atoms with Crippen LogP contribution in [-0.4, -0.2) is 37.5 Å². The van der Waals surface area contributed by atoms with E-state index in [1.54, 1.807) is 29.2 Å². The zero-order valence-corrected chi connectivity index (χ0v) is 13.7. The quantitative estimate of drug-likeness (QED) is 0.839. The van der Waals surface area contributed by atoms with Crippen LogP contribution in [0.1, 0.15) is 37.0 Å². The standard InChI is InChI=1S/C17H22N2O4/c1-11(2)15(17(22)23-3)18-16(21)12-6-8-13(9-7-12)19-10-4-5-14(19)20/h6-9,11,15H,4-5,10H2,1-3H3,(H,18,21). The second-order valence-electron chi connectivity index (χ2n) is 5.91. The van der Waals surface area contributed by atoms with Crippen LogP contribution < -0.4 is 10.2 Å². The number of carbonyl (C=O) groups excluding carboxylic acids is 3. The smallest absolute Gasteiger partial charge is 0.328 e. The molecule has 6 nitrogen and oxygen atoms in total. The van der Waals surface area contributed by atoms with Gasteiger partial charge in [0, 0.05) is 24.2 Å². The first-order valence-corrected chi connectivity index (χ1v) is 7.73. The highest BCUT2D eigenvalue weighted by Crippen LogP contribution is 2.21. The molecule has 1 unspecified atom stereocenters. The molecule has 1 aromatic rings. The van der Waals surface area contributed by atoms with Crippen molar-refractivity contribution in [1.82, 2.24) is 5.32 Å². The van der Waals surface area contributed by atoms with Crippen molar-refractivity contribution < 1.29 is 19.1 Å². The highest BCUT2D eigenvalue weighted by Gasteiger charge is 2.26. The highest BCUT2D eigenvalue weighted by atomic mass is 16.5. The van der Waals surface area contributed by atoms with Gasteiger partial charge >= 0.3 is 5.97 Å². The molecule has 0 aromatic heterocycles. The van der Waals surface area contributed by atoms with Gasteiger partial charge in [0.1, 0.15) is 6.04 Å². The van der Waals surface area contributed by atoms with Crippen LogP contribution in [0, 0.1) is 5.92 Å². The van der Waals surface area contributed by atoms with Crippen LogP contribution in [0.2, 0.25) is 0 Å². The van der Waals surface area contributed by atoms with Crippen LogP contribution in [0.15, 0.2) is 24.3 Å². The van der Waals surface area contributed by atoms with Gasteiger partial charge in [0.2, 0.25) is 5.91 Å². The second kappa shape index (κ2) is 7.26. The maximum atomic E-state index is 12.3. The van der Waals surface area contributed by atoms with E-state index in [1.807, 2.05) is 13.8 Å². The van der Waals surface area contributed by atoms with E-state index >= 15 is 0 Å². The SMILES string of the molecule is COC(=O)C(NC(=O)c1ccc(N2CCCC2=O)cc1)C(C)C. The monoisotopic (exact) mass is 318 g/mol. The Morgan fingerprint density at radius 3 is 2.35 bits per heavy atom. The largest absolute Gasteiger partial charge is 0.467 e. The Hall–Kier alpha value is -2.37. The van der Waals surface area contributed by atoms with Crippen molar-refractivity contribution in [2.24, 2.45) is 5.92 Å². The van der Waals surface area contributed by atoms with E-state index in [-0.39, 0.29) is 17.7 Å². The number of nitrogens with one attached hydrogen (secondary N) is 1. The lowest BCUT2D eigenvalue weighted by molar-refractivity contribution is -0.144. The minimum atomic E-state index is -0.688. The average Bonchev–Trinajstić information content (AvgIpc) is 2.97. The molecule has 2 rings (SSSR count). The van der Waals surface area contributed by atoms with E-state index in [9.17, 15) is 14.4 Å². The summed E-state index contributed by atoms with van der Waals surface area (Å²) in [5.74, 6) is -0.776. The molecular weight excluding hydrogens is 296 g/mol. The molecule has 0 saturated carbocycles. The lowest BCUT2D eigenvalue weighted by Gasteiger charge is -2.20. The van der Waals surface area contributed by atoms with Gasteiger partial charge in [0.25, 0.3) is 5.91 Å². The Morgan fingerprint density at radius 1 is 1.22 bits per heavy atom. The van der Waals surface area contributed by atoms with Gasteiger partial charge in [-0.25, -0.2) is 4.79 Å². The molecule has 1 fully saturated rings. The molecule has 0 bridgehead atoms. The van der Waals surface area contributed by atoms with Crippen molar-refractivity contribution >= 4 is 23.5 Å². The van der Waals surface area contributed by atoms with Crippen LogP contribution in [-0.2, 0) is 14.3 Å². The van der Waals surface area contributed by atoms with E-state index in [0.29, 0.717) is 18.5 Å². The van der Waals surface area contributed by atoms with E-state index in [2.05, 4.69) is 5.32 Å². The van der Waals surface area contributed by atoms with Crippen molar-refractivity contribution in [3.8, 4) is 0 Å². The van der Waals surface area contributed by atoms with Crippen molar-refractivity contribution in [3.05, 3.63) is 29.8 Å². The van der Waals surface area contributed by atoms with E-state index in [4.69, 9.17) is 4.74 Å². The predicted molar refractivity (Wildman–Crippen MR) is 86.1 cm³/mol. The molecule has 23 heavy (non-hydrogen) atoms. The number of ether oxygens (including phenoxy) is 1. The van der Waals surface area contributed by atoms with Crippen LogP contribution in [0.25, 0.3) is 0 Å². The topological polar surface area (TPSA) is 75.7 Å². The second-order valence-corrected chi connectivity index (χ2v) is 5.91. The third kappa shape index (κ3) is 3.88. The summed E-state index contributed by atoms with van der Waals surface area (Å²) < 4.78 is 4.71. The summed E-state index contributed by atoms with van der Waals surface area (Å²) in [6.07, 6.45) is 1.42. The maximum Gasteiger partial charge on any atom is 0.328 e. The Balaban J connectivity index is 2.07. The molecule has 1 aromatic carbocycles. The van der Waals surface area contributed by atoms with Crippen molar-refractivity contribution in [1.29, 1.82) is 0 Å². The number of carbonyl (C=O) groups is 3. The number of hydrogen-bond acceptors (Lipinski definition) is 4. The molecule has 0 aliphatic carbocycles. The average molecular weight is 318 g/mol. The minimum absolute atomic E-state index is 0.0760. The van der Waals surface area contributed by atoms with Crippen molar-refractivity contribution in [2.45, 2.75) is 32.7 Å². The number of anilines is 1. The predicted octanol–water partition coefficient (Wildman–Crippen LogP) is 1.74. The lowest BCUT2D eigenvalue weighted by atomic mass is 10.0. The molecule has 1 aliphatic heterocycles. The van der Waals surface area contributed by atoms with E-state index < -0.39 is 12.0 Å². The molecule has 1 N–H and O–H groups in total. The van der Waals surface area contributed by atoms with E-state index in [1.165, 1.54) is 7.11 Å². The Kier molecular flexibility index (Phi) is 5.36. The number of methoxy groups -OCH3 is 1. The summed E-state index contributed by atoms with van der Waals surface area (Å²) in [4.78, 5) is 37.4. The van der Waals surface area contributed by atoms with Crippen LogP contribution >= 0.6 is 0 Å². The first-order chi connectivity index (χ1) is 10.9. The number of hydrogen-bond donors (Lipinski definition) is 1. The third-order valence-electron chi connectivity index (χ3n) is 3.92. The summed E-state index contributed by atoms with van der Waals surface area (Å²) in [5, 5.41) is 2.69. The molecule has 124 valence electrons.